The third-order valence-electron chi connectivity index (χ3n) is 3.24. The van der Waals surface area contributed by atoms with Gasteiger partial charge in [-0.15, -0.1) is 0 Å². The predicted molar refractivity (Wildman–Crippen MR) is 80.4 cm³/mol. The van der Waals surface area contributed by atoms with Crippen LogP contribution in [0.4, 0.5) is 10.1 Å². The first kappa shape index (κ1) is 13.9. The number of aryl methyl sites for hydroxylation is 1. The van der Waals surface area contributed by atoms with E-state index in [-0.39, 0.29) is 11.5 Å². The summed E-state index contributed by atoms with van der Waals surface area (Å²) < 4.78 is 15.1. The highest BCUT2D eigenvalue weighted by Gasteiger charge is 2.08. The Balaban J connectivity index is 1.75. The molecule has 1 heterocycles. The van der Waals surface area contributed by atoms with Crippen LogP contribution >= 0.6 is 0 Å². The molecule has 0 saturated heterocycles. The molecule has 0 saturated carbocycles. The summed E-state index contributed by atoms with van der Waals surface area (Å²) in [6, 6.07) is 11.5. The number of carbonyl (C=O) groups excluding carboxylic acids is 1. The first-order chi connectivity index (χ1) is 10.6. The number of aromatic nitrogens is 3. The van der Waals surface area contributed by atoms with Gasteiger partial charge in [0.25, 0.3) is 5.91 Å². The monoisotopic (exact) mass is 296 g/mol. The Bertz CT molecular complexity index is 798. The fraction of sp³-hybridized carbons (Fsp3) is 0.0625. The SMILES string of the molecule is Cc1ccc(C(=O)Nc2ccc(-n3cncn3)cc2)cc1F. The molecule has 0 fully saturated rings. The average molecular weight is 296 g/mol. The van der Waals surface area contributed by atoms with Gasteiger partial charge in [-0.25, -0.2) is 14.1 Å². The van der Waals surface area contributed by atoms with E-state index in [1.54, 1.807) is 54.3 Å². The molecule has 6 heteroatoms. The molecule has 0 radical (unpaired) electrons. The Kier molecular flexibility index (Phi) is 3.65. The molecule has 1 aromatic heterocycles. The highest BCUT2D eigenvalue weighted by Crippen LogP contribution is 2.15. The van der Waals surface area contributed by atoms with Gasteiger partial charge in [-0.05, 0) is 48.9 Å². The first-order valence-corrected chi connectivity index (χ1v) is 6.66. The van der Waals surface area contributed by atoms with Crippen molar-refractivity contribution in [3.63, 3.8) is 0 Å². The van der Waals surface area contributed by atoms with Crippen LogP contribution in [0.2, 0.25) is 0 Å². The third kappa shape index (κ3) is 2.85. The highest BCUT2D eigenvalue weighted by molar-refractivity contribution is 6.04. The van der Waals surface area contributed by atoms with Crippen LogP contribution in [0.25, 0.3) is 5.69 Å². The standard InChI is InChI=1S/C16H13FN4O/c1-11-2-3-12(8-15(11)17)16(22)20-13-4-6-14(7-5-13)21-10-18-9-19-21/h2-10H,1H3,(H,20,22). The number of rotatable bonds is 3. The molecule has 0 unspecified atom stereocenters. The number of nitrogens with zero attached hydrogens (tertiary/aromatic N) is 3. The van der Waals surface area contributed by atoms with E-state index in [2.05, 4.69) is 15.4 Å². The van der Waals surface area contributed by atoms with E-state index < -0.39 is 5.82 Å². The lowest BCUT2D eigenvalue weighted by atomic mass is 10.1. The second-order valence-corrected chi connectivity index (χ2v) is 4.81. The zero-order valence-corrected chi connectivity index (χ0v) is 11.8. The lowest BCUT2D eigenvalue weighted by Gasteiger charge is -2.07. The van der Waals surface area contributed by atoms with Crippen LogP contribution in [0.15, 0.2) is 55.1 Å². The van der Waals surface area contributed by atoms with Crippen LogP contribution in [0.1, 0.15) is 15.9 Å². The minimum Gasteiger partial charge on any atom is -0.322 e. The second-order valence-electron chi connectivity index (χ2n) is 4.81. The zero-order valence-electron chi connectivity index (χ0n) is 11.8. The maximum absolute atomic E-state index is 13.5. The lowest BCUT2D eigenvalue weighted by molar-refractivity contribution is 0.102. The van der Waals surface area contributed by atoms with Gasteiger partial charge < -0.3 is 5.32 Å². The number of carbonyl (C=O) groups is 1. The number of hydrogen-bond donors (Lipinski definition) is 1. The summed E-state index contributed by atoms with van der Waals surface area (Å²) in [5.41, 5.74) is 2.24. The van der Waals surface area contributed by atoms with Crippen molar-refractivity contribution in [2.45, 2.75) is 6.92 Å². The molecule has 5 nitrogen and oxygen atoms in total. The van der Waals surface area contributed by atoms with Crippen LogP contribution < -0.4 is 5.32 Å². The molecule has 0 aliphatic heterocycles. The summed E-state index contributed by atoms with van der Waals surface area (Å²) in [7, 11) is 0. The fourth-order valence-corrected chi connectivity index (χ4v) is 1.98. The minimum absolute atomic E-state index is 0.281. The van der Waals surface area contributed by atoms with Gasteiger partial charge in [0.15, 0.2) is 0 Å². The Hall–Kier alpha value is -3.02. The van der Waals surface area contributed by atoms with Crippen molar-refractivity contribution in [2.24, 2.45) is 0 Å². The summed E-state index contributed by atoms with van der Waals surface area (Å²) in [5.74, 6) is -0.749. The van der Waals surface area contributed by atoms with E-state index in [0.29, 0.717) is 11.3 Å². The highest BCUT2D eigenvalue weighted by atomic mass is 19.1. The van der Waals surface area contributed by atoms with Crippen molar-refractivity contribution in [2.75, 3.05) is 5.32 Å². The van der Waals surface area contributed by atoms with Gasteiger partial charge in [-0.1, -0.05) is 6.07 Å². The summed E-state index contributed by atoms with van der Waals surface area (Å²) >= 11 is 0. The Morgan fingerprint density at radius 2 is 1.95 bits per heavy atom. The van der Waals surface area contributed by atoms with Gasteiger partial charge in [-0.3, -0.25) is 4.79 Å². The smallest absolute Gasteiger partial charge is 0.255 e. The first-order valence-electron chi connectivity index (χ1n) is 6.66. The molecule has 110 valence electrons. The Labute approximate surface area is 126 Å². The molecule has 0 atom stereocenters. The molecule has 0 bridgehead atoms. The van der Waals surface area contributed by atoms with E-state index in [9.17, 15) is 9.18 Å². The van der Waals surface area contributed by atoms with Crippen molar-refractivity contribution in [3.05, 3.63) is 72.1 Å². The summed E-state index contributed by atoms with van der Waals surface area (Å²) in [6.45, 7) is 1.65. The number of hydrogen-bond acceptors (Lipinski definition) is 3. The molecule has 0 spiro atoms. The van der Waals surface area contributed by atoms with Crippen LogP contribution in [-0.2, 0) is 0 Å². The van der Waals surface area contributed by atoms with Crippen molar-refractivity contribution >= 4 is 11.6 Å². The minimum atomic E-state index is -0.394. The number of amides is 1. The summed E-state index contributed by atoms with van der Waals surface area (Å²) in [5, 5.41) is 6.75. The van der Waals surface area contributed by atoms with Gasteiger partial charge in [0.2, 0.25) is 0 Å². The maximum atomic E-state index is 13.5. The Morgan fingerprint density at radius 3 is 2.59 bits per heavy atom. The molecule has 1 amide bonds. The molecule has 22 heavy (non-hydrogen) atoms. The lowest BCUT2D eigenvalue weighted by Crippen LogP contribution is -2.12. The van der Waals surface area contributed by atoms with E-state index in [0.717, 1.165) is 5.69 Å². The molecule has 0 aliphatic rings. The van der Waals surface area contributed by atoms with Crippen LogP contribution in [0.5, 0.6) is 0 Å². The number of benzene rings is 2. The van der Waals surface area contributed by atoms with Crippen molar-refractivity contribution in [3.8, 4) is 5.69 Å². The molecule has 1 N–H and O–H groups in total. The summed E-state index contributed by atoms with van der Waals surface area (Å²) in [6.07, 6.45) is 3.03. The fourth-order valence-electron chi connectivity index (χ4n) is 1.98. The number of nitrogens with one attached hydrogen (secondary N) is 1. The molecule has 2 aromatic carbocycles. The van der Waals surface area contributed by atoms with Crippen molar-refractivity contribution in [1.82, 2.24) is 14.8 Å². The van der Waals surface area contributed by atoms with E-state index >= 15 is 0 Å². The van der Waals surface area contributed by atoms with Gasteiger partial charge >= 0.3 is 0 Å². The van der Waals surface area contributed by atoms with Gasteiger partial charge in [0, 0.05) is 11.3 Å². The van der Waals surface area contributed by atoms with Crippen molar-refractivity contribution in [1.29, 1.82) is 0 Å². The van der Waals surface area contributed by atoms with Crippen LogP contribution in [0, 0.1) is 12.7 Å². The third-order valence-corrected chi connectivity index (χ3v) is 3.24. The van der Waals surface area contributed by atoms with Crippen LogP contribution in [-0.4, -0.2) is 20.7 Å². The van der Waals surface area contributed by atoms with E-state index in [1.807, 2.05) is 0 Å². The average Bonchev–Trinajstić information content (AvgIpc) is 3.05. The normalized spacial score (nSPS) is 10.5. The topological polar surface area (TPSA) is 59.8 Å². The van der Waals surface area contributed by atoms with E-state index in [4.69, 9.17) is 0 Å². The number of halogens is 1. The molecular weight excluding hydrogens is 283 g/mol. The van der Waals surface area contributed by atoms with Gasteiger partial charge in [0.1, 0.15) is 18.5 Å². The summed E-state index contributed by atoms with van der Waals surface area (Å²) in [4.78, 5) is 16.0. The number of anilines is 1. The van der Waals surface area contributed by atoms with Crippen LogP contribution in [0.3, 0.4) is 0 Å². The molecule has 3 rings (SSSR count). The van der Waals surface area contributed by atoms with Gasteiger partial charge in [-0.2, -0.15) is 5.10 Å². The van der Waals surface area contributed by atoms with Gasteiger partial charge in [0.05, 0.1) is 5.69 Å². The maximum Gasteiger partial charge on any atom is 0.255 e. The Morgan fingerprint density at radius 1 is 1.18 bits per heavy atom. The molecule has 0 aliphatic carbocycles. The van der Waals surface area contributed by atoms with Crippen molar-refractivity contribution < 1.29 is 9.18 Å². The molecular formula is C16H13FN4O. The zero-order chi connectivity index (χ0) is 15.5. The largest absolute Gasteiger partial charge is 0.322 e. The quantitative estimate of drug-likeness (QED) is 0.808. The second kappa shape index (κ2) is 5.77. The van der Waals surface area contributed by atoms with E-state index in [1.165, 1.54) is 12.4 Å². The molecule has 3 aromatic rings. The predicted octanol–water partition coefficient (Wildman–Crippen LogP) is 2.97.